The maximum absolute atomic E-state index is 11.8. The van der Waals surface area contributed by atoms with Gasteiger partial charge in [-0.3, -0.25) is 10.1 Å². The molecule has 0 aliphatic heterocycles. The highest BCUT2D eigenvalue weighted by molar-refractivity contribution is 6.30. The Kier molecular flexibility index (Phi) is 3.58. The van der Waals surface area contributed by atoms with Crippen molar-refractivity contribution >= 4 is 17.3 Å². The SMILES string of the molecule is O=[N+]([O-])c1ccc(Cl)cc1OCC(F)(F)F. The molecule has 1 aromatic rings. The van der Waals surface area contributed by atoms with Crippen LogP contribution in [-0.2, 0) is 0 Å². The van der Waals surface area contributed by atoms with Crippen LogP contribution in [0.5, 0.6) is 5.75 Å². The van der Waals surface area contributed by atoms with Crippen LogP contribution in [0.1, 0.15) is 0 Å². The van der Waals surface area contributed by atoms with Gasteiger partial charge < -0.3 is 4.74 Å². The lowest BCUT2D eigenvalue weighted by Crippen LogP contribution is -2.19. The van der Waals surface area contributed by atoms with Gasteiger partial charge in [-0.2, -0.15) is 13.2 Å². The number of halogens is 4. The molecule has 16 heavy (non-hydrogen) atoms. The molecule has 0 radical (unpaired) electrons. The molecule has 0 saturated carbocycles. The van der Waals surface area contributed by atoms with Crippen molar-refractivity contribution < 1.29 is 22.8 Å². The lowest BCUT2D eigenvalue weighted by atomic mass is 10.3. The number of benzene rings is 1. The number of hydrogen-bond donors (Lipinski definition) is 0. The summed E-state index contributed by atoms with van der Waals surface area (Å²) in [6, 6.07) is 3.14. The summed E-state index contributed by atoms with van der Waals surface area (Å²) in [5.74, 6) is -0.505. The highest BCUT2D eigenvalue weighted by Gasteiger charge is 2.30. The van der Waals surface area contributed by atoms with E-state index in [2.05, 4.69) is 4.74 Å². The predicted molar refractivity (Wildman–Crippen MR) is 49.7 cm³/mol. The van der Waals surface area contributed by atoms with Gasteiger partial charge in [-0.15, -0.1) is 0 Å². The van der Waals surface area contributed by atoms with E-state index >= 15 is 0 Å². The third kappa shape index (κ3) is 3.58. The standard InChI is InChI=1S/C8H5ClF3NO3/c9-5-1-2-6(13(14)15)7(3-5)16-4-8(10,11)12/h1-3H,4H2. The summed E-state index contributed by atoms with van der Waals surface area (Å²) in [6.07, 6.45) is -4.56. The molecular weight excluding hydrogens is 251 g/mol. The van der Waals surface area contributed by atoms with Gasteiger partial charge in [0.15, 0.2) is 12.4 Å². The minimum atomic E-state index is -4.56. The summed E-state index contributed by atoms with van der Waals surface area (Å²) in [6.45, 7) is -1.60. The van der Waals surface area contributed by atoms with Crippen LogP contribution in [-0.4, -0.2) is 17.7 Å². The molecule has 0 heterocycles. The Balaban J connectivity index is 2.93. The average Bonchev–Trinajstić information content (AvgIpc) is 2.13. The van der Waals surface area contributed by atoms with Crippen LogP contribution in [0.2, 0.25) is 5.02 Å². The summed E-state index contributed by atoms with van der Waals surface area (Å²) in [5, 5.41) is 10.5. The maximum Gasteiger partial charge on any atom is 0.422 e. The van der Waals surface area contributed by atoms with Crippen LogP contribution in [0.15, 0.2) is 18.2 Å². The molecule has 0 spiro atoms. The lowest BCUT2D eigenvalue weighted by Gasteiger charge is -2.09. The van der Waals surface area contributed by atoms with Crippen molar-refractivity contribution in [2.45, 2.75) is 6.18 Å². The number of alkyl halides is 3. The fourth-order valence-corrected chi connectivity index (χ4v) is 1.08. The molecule has 0 aliphatic rings. The van der Waals surface area contributed by atoms with Gasteiger partial charge in [-0.1, -0.05) is 11.6 Å². The van der Waals surface area contributed by atoms with Gasteiger partial charge in [-0.25, -0.2) is 0 Å². The van der Waals surface area contributed by atoms with Gasteiger partial charge >= 0.3 is 11.9 Å². The average molecular weight is 256 g/mol. The van der Waals surface area contributed by atoms with Crippen LogP contribution in [0, 0.1) is 10.1 Å². The molecule has 0 fully saturated rings. The Morgan fingerprint density at radius 2 is 2.06 bits per heavy atom. The Bertz CT molecular complexity index is 408. The number of hydrogen-bond acceptors (Lipinski definition) is 3. The van der Waals surface area contributed by atoms with E-state index in [1.165, 1.54) is 6.07 Å². The first kappa shape index (κ1) is 12.6. The van der Waals surface area contributed by atoms with Gasteiger partial charge in [0.25, 0.3) is 0 Å². The molecule has 4 nitrogen and oxygen atoms in total. The fourth-order valence-electron chi connectivity index (χ4n) is 0.914. The van der Waals surface area contributed by atoms with Gasteiger partial charge in [0, 0.05) is 17.2 Å². The van der Waals surface area contributed by atoms with Crippen LogP contribution in [0.3, 0.4) is 0 Å². The summed E-state index contributed by atoms with van der Waals surface area (Å²) in [4.78, 5) is 9.61. The summed E-state index contributed by atoms with van der Waals surface area (Å²) in [5.41, 5.74) is -0.561. The third-order valence-electron chi connectivity index (χ3n) is 1.51. The molecule has 88 valence electrons. The molecule has 1 rings (SSSR count). The van der Waals surface area contributed by atoms with Crippen molar-refractivity contribution in [3.8, 4) is 5.75 Å². The van der Waals surface area contributed by atoms with E-state index in [1.807, 2.05) is 0 Å². The Morgan fingerprint density at radius 1 is 1.44 bits per heavy atom. The molecule has 0 saturated heterocycles. The van der Waals surface area contributed by atoms with Crippen molar-refractivity contribution in [2.24, 2.45) is 0 Å². The van der Waals surface area contributed by atoms with Crippen molar-refractivity contribution in [1.29, 1.82) is 0 Å². The number of ether oxygens (including phenoxy) is 1. The Morgan fingerprint density at radius 3 is 2.56 bits per heavy atom. The predicted octanol–water partition coefficient (Wildman–Crippen LogP) is 3.19. The van der Waals surface area contributed by atoms with Gasteiger partial charge in [0.1, 0.15) is 0 Å². The molecule has 0 atom stereocenters. The fraction of sp³-hybridized carbons (Fsp3) is 0.250. The molecule has 0 aliphatic carbocycles. The summed E-state index contributed by atoms with van der Waals surface area (Å²) < 4.78 is 39.8. The van der Waals surface area contributed by atoms with E-state index in [4.69, 9.17) is 11.6 Å². The van der Waals surface area contributed by atoms with Crippen LogP contribution >= 0.6 is 11.6 Å². The first-order valence-corrected chi connectivity index (χ1v) is 4.31. The van der Waals surface area contributed by atoms with E-state index in [9.17, 15) is 23.3 Å². The maximum atomic E-state index is 11.8. The van der Waals surface area contributed by atoms with Crippen molar-refractivity contribution in [2.75, 3.05) is 6.61 Å². The Hall–Kier alpha value is -1.50. The first-order valence-electron chi connectivity index (χ1n) is 3.93. The van der Waals surface area contributed by atoms with Gasteiger partial charge in [-0.05, 0) is 6.07 Å². The monoisotopic (exact) mass is 255 g/mol. The van der Waals surface area contributed by atoms with E-state index in [0.29, 0.717) is 0 Å². The zero-order valence-corrected chi connectivity index (χ0v) is 8.38. The molecule has 0 unspecified atom stereocenters. The van der Waals surface area contributed by atoms with E-state index < -0.39 is 29.1 Å². The van der Waals surface area contributed by atoms with Gasteiger partial charge in [0.2, 0.25) is 0 Å². The van der Waals surface area contributed by atoms with E-state index in [1.54, 1.807) is 0 Å². The van der Waals surface area contributed by atoms with Crippen molar-refractivity contribution in [1.82, 2.24) is 0 Å². The minimum Gasteiger partial charge on any atom is -0.477 e. The molecule has 0 amide bonds. The second-order valence-corrected chi connectivity index (χ2v) is 3.21. The zero-order chi connectivity index (χ0) is 12.3. The lowest BCUT2D eigenvalue weighted by molar-refractivity contribution is -0.386. The number of nitro groups is 1. The first-order chi connectivity index (χ1) is 7.29. The smallest absolute Gasteiger partial charge is 0.422 e. The van der Waals surface area contributed by atoms with E-state index in [0.717, 1.165) is 12.1 Å². The molecule has 0 aromatic heterocycles. The quantitative estimate of drug-likeness (QED) is 0.616. The van der Waals surface area contributed by atoms with Crippen molar-refractivity contribution in [3.05, 3.63) is 33.3 Å². The van der Waals surface area contributed by atoms with Crippen LogP contribution in [0.4, 0.5) is 18.9 Å². The minimum absolute atomic E-state index is 0.0581. The highest BCUT2D eigenvalue weighted by Crippen LogP contribution is 2.31. The molecule has 1 aromatic carbocycles. The second-order valence-electron chi connectivity index (χ2n) is 2.77. The topological polar surface area (TPSA) is 52.4 Å². The number of rotatable bonds is 3. The Labute approximate surface area is 92.7 Å². The third-order valence-corrected chi connectivity index (χ3v) is 1.74. The van der Waals surface area contributed by atoms with Crippen molar-refractivity contribution in [3.63, 3.8) is 0 Å². The van der Waals surface area contributed by atoms with Crippen LogP contribution in [0.25, 0.3) is 0 Å². The molecule has 0 N–H and O–H groups in total. The molecule has 0 bridgehead atoms. The summed E-state index contributed by atoms with van der Waals surface area (Å²) in [7, 11) is 0. The number of nitrogens with zero attached hydrogens (tertiary/aromatic N) is 1. The van der Waals surface area contributed by atoms with Crippen LogP contribution < -0.4 is 4.74 Å². The largest absolute Gasteiger partial charge is 0.477 e. The summed E-state index contributed by atoms with van der Waals surface area (Å²) >= 11 is 5.49. The second kappa shape index (κ2) is 4.56. The normalized spacial score (nSPS) is 11.2. The molecule has 8 heteroatoms. The zero-order valence-electron chi connectivity index (χ0n) is 7.62. The highest BCUT2D eigenvalue weighted by atomic mass is 35.5. The van der Waals surface area contributed by atoms with E-state index in [-0.39, 0.29) is 5.02 Å². The molecular formula is C8H5ClF3NO3. The number of nitro benzene ring substituents is 1. The van der Waals surface area contributed by atoms with Gasteiger partial charge in [0.05, 0.1) is 4.92 Å².